The van der Waals surface area contributed by atoms with Gasteiger partial charge in [0.1, 0.15) is 4.88 Å². The molecular formula is C19H26N2O2S. The Labute approximate surface area is 147 Å². The molecule has 130 valence electrons. The van der Waals surface area contributed by atoms with E-state index in [-0.39, 0.29) is 17.9 Å². The lowest BCUT2D eigenvalue weighted by Crippen LogP contribution is -2.44. The molecular weight excluding hydrogens is 320 g/mol. The van der Waals surface area contributed by atoms with E-state index in [2.05, 4.69) is 37.5 Å². The third kappa shape index (κ3) is 2.91. The highest BCUT2D eigenvalue weighted by Crippen LogP contribution is 2.35. The van der Waals surface area contributed by atoms with Crippen molar-refractivity contribution in [1.82, 2.24) is 9.47 Å². The number of hydrogen-bond acceptors (Lipinski definition) is 3. The van der Waals surface area contributed by atoms with Crippen molar-refractivity contribution in [2.24, 2.45) is 5.41 Å². The molecule has 1 fully saturated rings. The molecule has 0 saturated carbocycles. The quantitative estimate of drug-likeness (QED) is 0.916. The summed E-state index contributed by atoms with van der Waals surface area (Å²) in [5.74, 6) is 0.121. The van der Waals surface area contributed by atoms with Crippen molar-refractivity contribution in [2.75, 3.05) is 19.7 Å². The van der Waals surface area contributed by atoms with Crippen molar-refractivity contribution in [3.05, 3.63) is 39.8 Å². The van der Waals surface area contributed by atoms with E-state index < -0.39 is 0 Å². The number of nitrogens with zero attached hydrogens (tertiary/aromatic N) is 2. The van der Waals surface area contributed by atoms with Crippen molar-refractivity contribution < 1.29 is 9.90 Å². The highest BCUT2D eigenvalue weighted by Gasteiger charge is 2.35. The first-order valence-corrected chi connectivity index (χ1v) is 9.52. The van der Waals surface area contributed by atoms with Gasteiger partial charge in [-0.05, 0) is 62.1 Å². The average Bonchev–Trinajstić information content (AvgIpc) is 3.20. The van der Waals surface area contributed by atoms with Crippen LogP contribution in [0.3, 0.4) is 0 Å². The van der Waals surface area contributed by atoms with Crippen LogP contribution in [0.5, 0.6) is 0 Å². The van der Waals surface area contributed by atoms with Crippen LogP contribution in [0.2, 0.25) is 0 Å². The number of aromatic nitrogens is 1. The molecule has 0 bridgehead atoms. The molecule has 2 aromatic heterocycles. The zero-order valence-electron chi connectivity index (χ0n) is 14.7. The predicted molar refractivity (Wildman–Crippen MR) is 98.1 cm³/mol. The summed E-state index contributed by atoms with van der Waals surface area (Å²) < 4.78 is 2.15. The number of aliphatic hydroxyl groups excluding tert-OH is 1. The molecule has 0 unspecified atom stereocenters. The fourth-order valence-corrected chi connectivity index (χ4v) is 4.48. The lowest BCUT2D eigenvalue weighted by Gasteiger charge is -2.40. The summed E-state index contributed by atoms with van der Waals surface area (Å²) in [5, 5.41) is 11.7. The molecule has 3 heterocycles. The van der Waals surface area contributed by atoms with Crippen LogP contribution in [0.4, 0.5) is 0 Å². The fourth-order valence-electron chi connectivity index (χ4n) is 3.64. The second-order valence-corrected chi connectivity index (χ2v) is 7.81. The van der Waals surface area contributed by atoms with Gasteiger partial charge in [-0.25, -0.2) is 0 Å². The van der Waals surface area contributed by atoms with Crippen LogP contribution in [-0.4, -0.2) is 40.2 Å². The Morgan fingerprint density at radius 3 is 2.38 bits per heavy atom. The smallest absolute Gasteiger partial charge is 0.266 e. The summed E-state index contributed by atoms with van der Waals surface area (Å²) in [7, 11) is 0. The molecule has 1 saturated heterocycles. The van der Waals surface area contributed by atoms with E-state index in [0.717, 1.165) is 54.3 Å². The van der Waals surface area contributed by atoms with Gasteiger partial charge in [-0.3, -0.25) is 4.79 Å². The summed E-state index contributed by atoms with van der Waals surface area (Å²) in [6.07, 6.45) is 2.74. The van der Waals surface area contributed by atoms with E-state index in [9.17, 15) is 9.90 Å². The Bertz CT molecular complexity index is 698. The van der Waals surface area contributed by atoms with E-state index in [4.69, 9.17) is 0 Å². The number of aliphatic hydroxyl groups is 1. The zero-order chi connectivity index (χ0) is 17.3. The molecule has 0 radical (unpaired) electrons. The number of carbonyl (C=O) groups excluding carboxylic acids is 1. The van der Waals surface area contributed by atoms with Crippen LogP contribution in [0.25, 0.3) is 5.69 Å². The maximum Gasteiger partial charge on any atom is 0.266 e. The molecule has 0 aliphatic carbocycles. The monoisotopic (exact) mass is 346 g/mol. The van der Waals surface area contributed by atoms with E-state index in [0.29, 0.717) is 0 Å². The highest BCUT2D eigenvalue weighted by atomic mass is 32.1. The van der Waals surface area contributed by atoms with Crippen LogP contribution < -0.4 is 0 Å². The third-order valence-corrected chi connectivity index (χ3v) is 6.44. The molecule has 3 rings (SSSR count). The first-order valence-electron chi connectivity index (χ1n) is 8.64. The Balaban J connectivity index is 1.82. The van der Waals surface area contributed by atoms with Gasteiger partial charge in [0.2, 0.25) is 0 Å². The van der Waals surface area contributed by atoms with Crippen LogP contribution in [0, 0.1) is 19.3 Å². The Morgan fingerprint density at radius 2 is 1.83 bits per heavy atom. The molecule has 1 amide bonds. The predicted octanol–water partition coefficient (Wildman–Crippen LogP) is 3.78. The third-order valence-electron chi connectivity index (χ3n) is 5.55. The minimum Gasteiger partial charge on any atom is -0.396 e. The van der Waals surface area contributed by atoms with E-state index in [1.165, 1.54) is 11.3 Å². The van der Waals surface area contributed by atoms with Gasteiger partial charge in [-0.1, -0.05) is 6.92 Å². The molecule has 24 heavy (non-hydrogen) atoms. The molecule has 5 heteroatoms. The van der Waals surface area contributed by atoms with Gasteiger partial charge in [0.05, 0.1) is 5.69 Å². The molecule has 0 atom stereocenters. The van der Waals surface area contributed by atoms with Crippen LogP contribution in [-0.2, 0) is 0 Å². The molecule has 1 aliphatic heterocycles. The van der Waals surface area contributed by atoms with E-state index in [1.807, 2.05) is 16.3 Å². The van der Waals surface area contributed by atoms with Gasteiger partial charge in [0, 0.05) is 31.1 Å². The highest BCUT2D eigenvalue weighted by molar-refractivity contribution is 7.12. The minimum absolute atomic E-state index is 0.00264. The second-order valence-electron chi connectivity index (χ2n) is 6.89. The standard InChI is InChI=1S/C19H26N2O2S/c1-4-19(13-22)8-10-20(11-9-19)18(23)17-16(7-12-24-17)21-14(2)5-6-15(21)3/h5-7,12,22H,4,8-11,13H2,1-3H3. The first kappa shape index (κ1) is 17.2. The Morgan fingerprint density at radius 1 is 1.21 bits per heavy atom. The van der Waals surface area contributed by atoms with Gasteiger partial charge in [-0.2, -0.15) is 0 Å². The van der Waals surface area contributed by atoms with Crippen molar-refractivity contribution in [3.63, 3.8) is 0 Å². The van der Waals surface area contributed by atoms with E-state index >= 15 is 0 Å². The lowest BCUT2D eigenvalue weighted by atomic mass is 9.77. The number of aryl methyl sites for hydroxylation is 2. The fraction of sp³-hybridized carbons (Fsp3) is 0.526. The molecule has 1 aliphatic rings. The molecule has 1 N–H and O–H groups in total. The van der Waals surface area contributed by atoms with Crippen molar-refractivity contribution in [1.29, 1.82) is 0 Å². The minimum atomic E-state index is 0.00264. The molecule has 2 aromatic rings. The zero-order valence-corrected chi connectivity index (χ0v) is 15.5. The topological polar surface area (TPSA) is 45.5 Å². The molecule has 0 spiro atoms. The number of rotatable bonds is 4. The molecule has 4 nitrogen and oxygen atoms in total. The summed E-state index contributed by atoms with van der Waals surface area (Å²) in [5.41, 5.74) is 3.27. The number of thiophene rings is 1. The van der Waals surface area contributed by atoms with Gasteiger partial charge >= 0.3 is 0 Å². The Kier molecular flexibility index (Phi) is 4.83. The molecule has 0 aromatic carbocycles. The SMILES string of the molecule is CCC1(CO)CCN(C(=O)c2sccc2-n2c(C)ccc2C)CC1. The normalized spacial score (nSPS) is 17.2. The van der Waals surface area contributed by atoms with E-state index in [1.54, 1.807) is 0 Å². The number of carbonyl (C=O) groups is 1. The van der Waals surface area contributed by atoms with Gasteiger partial charge in [0.15, 0.2) is 0 Å². The van der Waals surface area contributed by atoms with Gasteiger partial charge in [0.25, 0.3) is 5.91 Å². The van der Waals surface area contributed by atoms with Crippen molar-refractivity contribution in [3.8, 4) is 5.69 Å². The maximum atomic E-state index is 13.0. The number of likely N-dealkylation sites (tertiary alicyclic amines) is 1. The van der Waals surface area contributed by atoms with Crippen LogP contribution >= 0.6 is 11.3 Å². The van der Waals surface area contributed by atoms with Gasteiger partial charge < -0.3 is 14.6 Å². The second kappa shape index (κ2) is 6.73. The lowest BCUT2D eigenvalue weighted by molar-refractivity contribution is 0.0341. The van der Waals surface area contributed by atoms with Crippen LogP contribution in [0.15, 0.2) is 23.6 Å². The summed E-state index contributed by atoms with van der Waals surface area (Å²) in [6, 6.07) is 6.20. The average molecular weight is 346 g/mol. The maximum absolute atomic E-state index is 13.0. The van der Waals surface area contributed by atoms with Crippen molar-refractivity contribution in [2.45, 2.75) is 40.0 Å². The van der Waals surface area contributed by atoms with Gasteiger partial charge in [-0.15, -0.1) is 11.3 Å². The summed E-state index contributed by atoms with van der Waals surface area (Å²) in [4.78, 5) is 15.8. The largest absolute Gasteiger partial charge is 0.396 e. The summed E-state index contributed by atoms with van der Waals surface area (Å²) in [6.45, 7) is 7.94. The number of amides is 1. The number of hydrogen-bond donors (Lipinski definition) is 1. The first-order chi connectivity index (χ1) is 11.5. The van der Waals surface area contributed by atoms with Crippen molar-refractivity contribution >= 4 is 17.2 Å². The number of piperidine rings is 1. The Hall–Kier alpha value is -1.59. The summed E-state index contributed by atoms with van der Waals surface area (Å²) >= 11 is 1.52. The van der Waals surface area contributed by atoms with Crippen LogP contribution in [0.1, 0.15) is 47.2 Å².